The summed E-state index contributed by atoms with van der Waals surface area (Å²) in [6.07, 6.45) is 4.87. The summed E-state index contributed by atoms with van der Waals surface area (Å²) in [6.45, 7) is 2.36. The average Bonchev–Trinajstić information content (AvgIpc) is 3.36. The van der Waals surface area contributed by atoms with Crippen LogP contribution in [0.15, 0.2) is 54.9 Å². The Kier molecular flexibility index (Phi) is 6.68. The van der Waals surface area contributed by atoms with Crippen LogP contribution < -0.4 is 14.4 Å². The summed E-state index contributed by atoms with van der Waals surface area (Å²) in [5.74, 6) is 1.91. The summed E-state index contributed by atoms with van der Waals surface area (Å²) in [4.78, 5) is 25.6. The molecule has 1 fully saturated rings. The van der Waals surface area contributed by atoms with E-state index in [4.69, 9.17) is 21.1 Å². The van der Waals surface area contributed by atoms with Crippen LogP contribution in [0.4, 0.5) is 5.82 Å². The van der Waals surface area contributed by atoms with E-state index >= 15 is 0 Å². The molecule has 11 heteroatoms. The molecule has 5 rings (SSSR count). The lowest BCUT2D eigenvalue weighted by atomic mass is 10.2. The van der Waals surface area contributed by atoms with Crippen LogP contribution >= 0.6 is 11.6 Å². The van der Waals surface area contributed by atoms with Gasteiger partial charge in [0.1, 0.15) is 6.33 Å². The van der Waals surface area contributed by atoms with Crippen molar-refractivity contribution in [3.8, 4) is 17.2 Å². The molecule has 0 unspecified atom stereocenters. The van der Waals surface area contributed by atoms with Crippen molar-refractivity contribution in [3.05, 3.63) is 65.5 Å². The fourth-order valence-corrected chi connectivity index (χ4v) is 4.22. The molecule has 0 bridgehead atoms. The molecule has 3 heterocycles. The summed E-state index contributed by atoms with van der Waals surface area (Å²) >= 11 is 6.01. The molecule has 0 N–H and O–H groups in total. The SMILES string of the molecule is COc1ccc(/C=C\C(=O)N2CCN(c3ncnc4c3nnn4-c3ccc(Cl)cc3)CC2)cc1OC. The van der Waals surface area contributed by atoms with Crippen molar-refractivity contribution in [1.82, 2.24) is 29.9 Å². The highest BCUT2D eigenvalue weighted by molar-refractivity contribution is 6.30. The number of amides is 1. The minimum Gasteiger partial charge on any atom is -0.493 e. The van der Waals surface area contributed by atoms with Gasteiger partial charge in [-0.15, -0.1) is 5.10 Å². The third-order valence-corrected chi connectivity index (χ3v) is 6.26. The van der Waals surface area contributed by atoms with Crippen molar-refractivity contribution >= 4 is 40.6 Å². The van der Waals surface area contributed by atoms with Crippen LogP contribution in [0.5, 0.6) is 11.5 Å². The van der Waals surface area contributed by atoms with Gasteiger partial charge in [-0.25, -0.2) is 9.97 Å². The lowest BCUT2D eigenvalue weighted by molar-refractivity contribution is -0.126. The molecule has 2 aromatic carbocycles. The number of carbonyl (C=O) groups excluding carboxylic acids is 1. The minimum atomic E-state index is -0.0500. The molecule has 1 aliphatic rings. The minimum absolute atomic E-state index is 0.0500. The largest absolute Gasteiger partial charge is 0.493 e. The zero-order valence-electron chi connectivity index (χ0n) is 19.8. The van der Waals surface area contributed by atoms with Gasteiger partial charge >= 0.3 is 0 Å². The first-order chi connectivity index (χ1) is 17.6. The molecule has 1 aliphatic heterocycles. The maximum Gasteiger partial charge on any atom is 0.246 e. The van der Waals surface area contributed by atoms with Gasteiger partial charge in [-0.1, -0.05) is 22.9 Å². The number of aromatic nitrogens is 5. The van der Waals surface area contributed by atoms with Crippen LogP contribution in [0.25, 0.3) is 22.9 Å². The van der Waals surface area contributed by atoms with Crippen LogP contribution in [0.3, 0.4) is 0 Å². The van der Waals surface area contributed by atoms with E-state index in [9.17, 15) is 4.79 Å². The predicted octanol–water partition coefficient (Wildman–Crippen LogP) is 3.24. The monoisotopic (exact) mass is 505 g/mol. The second-order valence-corrected chi connectivity index (χ2v) is 8.54. The van der Waals surface area contributed by atoms with Crippen molar-refractivity contribution in [2.24, 2.45) is 0 Å². The number of ether oxygens (including phenoxy) is 2. The number of halogens is 1. The molecule has 4 aromatic rings. The van der Waals surface area contributed by atoms with Gasteiger partial charge in [0.25, 0.3) is 0 Å². The van der Waals surface area contributed by atoms with Crippen LogP contribution in [-0.4, -0.2) is 76.2 Å². The Labute approximate surface area is 212 Å². The second kappa shape index (κ2) is 10.2. The number of rotatable bonds is 6. The smallest absolute Gasteiger partial charge is 0.246 e. The van der Waals surface area contributed by atoms with E-state index in [0.717, 1.165) is 11.3 Å². The van der Waals surface area contributed by atoms with Crippen molar-refractivity contribution in [2.45, 2.75) is 0 Å². The van der Waals surface area contributed by atoms with Gasteiger partial charge in [0.15, 0.2) is 28.5 Å². The summed E-state index contributed by atoms with van der Waals surface area (Å²) in [7, 11) is 3.17. The first-order valence-corrected chi connectivity index (χ1v) is 11.7. The molecular formula is C25H24ClN7O3. The van der Waals surface area contributed by atoms with Crippen LogP contribution in [0.1, 0.15) is 5.56 Å². The van der Waals surface area contributed by atoms with E-state index in [1.807, 2.05) is 35.2 Å². The molecule has 184 valence electrons. The summed E-state index contributed by atoms with van der Waals surface area (Å²) < 4.78 is 12.3. The van der Waals surface area contributed by atoms with E-state index in [1.165, 1.54) is 6.33 Å². The number of methoxy groups -OCH3 is 2. The van der Waals surface area contributed by atoms with Crippen LogP contribution in [0, 0.1) is 0 Å². The van der Waals surface area contributed by atoms with Crippen LogP contribution in [-0.2, 0) is 4.79 Å². The van der Waals surface area contributed by atoms with Gasteiger partial charge in [0, 0.05) is 37.3 Å². The topological polar surface area (TPSA) is 98.5 Å². The molecule has 0 aliphatic carbocycles. The predicted molar refractivity (Wildman–Crippen MR) is 137 cm³/mol. The van der Waals surface area contributed by atoms with E-state index in [0.29, 0.717) is 59.7 Å². The maximum atomic E-state index is 12.8. The van der Waals surface area contributed by atoms with Crippen molar-refractivity contribution in [3.63, 3.8) is 0 Å². The van der Waals surface area contributed by atoms with E-state index in [-0.39, 0.29) is 5.91 Å². The van der Waals surface area contributed by atoms with Gasteiger partial charge < -0.3 is 19.3 Å². The van der Waals surface area contributed by atoms with Gasteiger partial charge in [-0.2, -0.15) is 4.68 Å². The Hall–Kier alpha value is -4.18. The number of anilines is 1. The molecule has 0 saturated carbocycles. The Morgan fingerprint density at radius 1 is 0.972 bits per heavy atom. The second-order valence-electron chi connectivity index (χ2n) is 8.11. The number of hydrogen-bond acceptors (Lipinski definition) is 8. The normalized spacial score (nSPS) is 14.0. The molecule has 1 amide bonds. The molecular weight excluding hydrogens is 482 g/mol. The van der Waals surface area contributed by atoms with Crippen molar-refractivity contribution in [2.75, 3.05) is 45.3 Å². The Balaban J connectivity index is 1.27. The lowest BCUT2D eigenvalue weighted by Gasteiger charge is -2.34. The van der Waals surface area contributed by atoms with Gasteiger partial charge in [-0.3, -0.25) is 4.79 Å². The highest BCUT2D eigenvalue weighted by atomic mass is 35.5. The molecule has 10 nitrogen and oxygen atoms in total. The van der Waals surface area contributed by atoms with E-state index in [2.05, 4.69) is 25.2 Å². The molecule has 0 radical (unpaired) electrons. The summed E-state index contributed by atoms with van der Waals surface area (Å²) in [5, 5.41) is 9.26. The number of nitrogens with zero attached hydrogens (tertiary/aromatic N) is 7. The van der Waals surface area contributed by atoms with Gasteiger partial charge in [0.05, 0.1) is 19.9 Å². The zero-order chi connectivity index (χ0) is 25.1. The number of fused-ring (bicyclic) bond motifs is 1. The standard InChI is InChI=1S/C25H24ClN7O3/c1-35-20-9-3-17(15-21(20)36-2)4-10-22(34)31-11-13-32(14-12-31)24-23-25(28-16-27-24)33(30-29-23)19-7-5-18(26)6-8-19/h3-10,15-16H,11-14H2,1-2H3/b10-4-. The summed E-state index contributed by atoms with van der Waals surface area (Å²) in [6, 6.07) is 12.8. The fraction of sp³-hybridized carbons (Fsp3) is 0.240. The van der Waals surface area contributed by atoms with E-state index < -0.39 is 0 Å². The Morgan fingerprint density at radius 2 is 1.72 bits per heavy atom. The van der Waals surface area contributed by atoms with Crippen molar-refractivity contribution < 1.29 is 14.3 Å². The zero-order valence-corrected chi connectivity index (χ0v) is 20.6. The third kappa shape index (κ3) is 4.67. The fourth-order valence-electron chi connectivity index (χ4n) is 4.09. The molecule has 0 atom stereocenters. The number of piperazine rings is 1. The maximum absolute atomic E-state index is 12.8. The van der Waals surface area contributed by atoms with Gasteiger partial charge in [-0.05, 0) is 48.0 Å². The highest BCUT2D eigenvalue weighted by Crippen LogP contribution is 2.28. The third-order valence-electron chi connectivity index (χ3n) is 6.01. The lowest BCUT2D eigenvalue weighted by Crippen LogP contribution is -2.48. The Morgan fingerprint density at radius 3 is 2.44 bits per heavy atom. The summed E-state index contributed by atoms with van der Waals surface area (Å²) in [5.41, 5.74) is 2.88. The first-order valence-electron chi connectivity index (χ1n) is 11.3. The molecule has 1 saturated heterocycles. The van der Waals surface area contributed by atoms with E-state index in [1.54, 1.807) is 43.2 Å². The molecule has 36 heavy (non-hydrogen) atoms. The number of hydrogen-bond donors (Lipinski definition) is 0. The highest BCUT2D eigenvalue weighted by Gasteiger charge is 2.24. The van der Waals surface area contributed by atoms with Crippen LogP contribution in [0.2, 0.25) is 5.02 Å². The number of carbonyl (C=O) groups is 1. The average molecular weight is 506 g/mol. The molecule has 0 spiro atoms. The van der Waals surface area contributed by atoms with Gasteiger partial charge in [0.2, 0.25) is 5.91 Å². The quantitative estimate of drug-likeness (QED) is 0.368. The Bertz CT molecular complexity index is 1410. The first kappa shape index (κ1) is 23.6. The number of benzene rings is 2. The molecule has 2 aromatic heterocycles. The van der Waals surface area contributed by atoms with Crippen molar-refractivity contribution in [1.29, 1.82) is 0 Å².